The lowest BCUT2D eigenvalue weighted by atomic mass is 10.0. The molecule has 1 fully saturated rings. The molecule has 2 heterocycles. The Morgan fingerprint density at radius 2 is 1.92 bits per heavy atom. The van der Waals surface area contributed by atoms with E-state index in [-0.39, 0.29) is 11.9 Å². The number of nitrogens with one attached hydrogen (secondary N) is 1. The molecule has 1 N–H and O–H groups in total. The summed E-state index contributed by atoms with van der Waals surface area (Å²) in [6.07, 6.45) is 4.79. The summed E-state index contributed by atoms with van der Waals surface area (Å²) in [5, 5.41) is 8.04. The van der Waals surface area contributed by atoms with E-state index >= 15 is 0 Å². The number of piperidine rings is 1. The number of hydrogen-bond acceptors (Lipinski definition) is 4. The van der Waals surface area contributed by atoms with E-state index in [4.69, 9.17) is 0 Å². The van der Waals surface area contributed by atoms with E-state index in [0.29, 0.717) is 6.04 Å². The lowest BCUT2D eigenvalue weighted by Gasteiger charge is -2.35. The third kappa shape index (κ3) is 3.75. The molecule has 1 saturated heterocycles. The molecule has 1 aliphatic heterocycles. The van der Waals surface area contributed by atoms with E-state index in [1.54, 1.807) is 6.33 Å². The number of hydrogen-bond donors (Lipinski definition) is 1. The van der Waals surface area contributed by atoms with Gasteiger partial charge in [-0.3, -0.25) is 0 Å². The molecule has 24 heavy (non-hydrogen) atoms. The smallest absolute Gasteiger partial charge is 0.143 e. The summed E-state index contributed by atoms with van der Waals surface area (Å²) < 4.78 is 15.0. The highest BCUT2D eigenvalue weighted by Crippen LogP contribution is 2.23. The van der Waals surface area contributed by atoms with Crippen LogP contribution < -0.4 is 10.2 Å². The third-order valence-electron chi connectivity index (χ3n) is 4.79. The SMILES string of the molecule is CCC(NC1CCN(c2ccc(F)cc2)CC1)c1ncnn1CC. The molecular weight excluding hydrogens is 305 g/mol. The second kappa shape index (κ2) is 7.75. The first-order chi connectivity index (χ1) is 11.7. The van der Waals surface area contributed by atoms with Gasteiger partial charge in [0, 0.05) is 31.4 Å². The lowest BCUT2D eigenvalue weighted by Crippen LogP contribution is -2.44. The van der Waals surface area contributed by atoms with E-state index < -0.39 is 0 Å². The highest BCUT2D eigenvalue weighted by atomic mass is 19.1. The van der Waals surface area contributed by atoms with Gasteiger partial charge in [-0.1, -0.05) is 6.92 Å². The number of rotatable bonds is 6. The van der Waals surface area contributed by atoms with Crippen molar-refractivity contribution < 1.29 is 4.39 Å². The van der Waals surface area contributed by atoms with Crippen LogP contribution in [0.25, 0.3) is 0 Å². The van der Waals surface area contributed by atoms with Crippen LogP contribution in [0.3, 0.4) is 0 Å². The Balaban J connectivity index is 1.57. The molecular formula is C18H26FN5. The highest BCUT2D eigenvalue weighted by molar-refractivity contribution is 5.46. The Morgan fingerprint density at radius 1 is 1.21 bits per heavy atom. The van der Waals surface area contributed by atoms with Crippen molar-refractivity contribution in [2.75, 3.05) is 18.0 Å². The number of halogens is 1. The molecule has 0 radical (unpaired) electrons. The zero-order valence-corrected chi connectivity index (χ0v) is 14.5. The Bertz CT molecular complexity index is 631. The average molecular weight is 331 g/mol. The predicted molar refractivity (Wildman–Crippen MR) is 93.5 cm³/mol. The van der Waals surface area contributed by atoms with Crippen LogP contribution in [0.2, 0.25) is 0 Å². The number of aromatic nitrogens is 3. The number of aryl methyl sites for hydroxylation is 1. The summed E-state index contributed by atoms with van der Waals surface area (Å²) in [7, 11) is 0. The van der Waals surface area contributed by atoms with Gasteiger partial charge in [0.25, 0.3) is 0 Å². The summed E-state index contributed by atoms with van der Waals surface area (Å²) in [5.41, 5.74) is 1.10. The maximum atomic E-state index is 13.1. The lowest BCUT2D eigenvalue weighted by molar-refractivity contribution is 0.347. The first-order valence-electron chi connectivity index (χ1n) is 8.85. The second-order valence-corrected chi connectivity index (χ2v) is 6.30. The highest BCUT2D eigenvalue weighted by Gasteiger charge is 2.24. The maximum Gasteiger partial charge on any atom is 0.143 e. The second-order valence-electron chi connectivity index (χ2n) is 6.30. The standard InChI is InChI=1S/C18H26FN5/c1-3-17(18-20-13-21-24(18)4-2)22-15-9-11-23(12-10-15)16-7-5-14(19)6-8-16/h5-8,13,15,17,22H,3-4,9-12H2,1-2H3. The molecule has 1 aliphatic rings. The van der Waals surface area contributed by atoms with Gasteiger partial charge >= 0.3 is 0 Å². The van der Waals surface area contributed by atoms with Crippen LogP contribution in [0.15, 0.2) is 30.6 Å². The van der Waals surface area contributed by atoms with Crippen molar-refractivity contribution in [1.29, 1.82) is 0 Å². The van der Waals surface area contributed by atoms with Crippen LogP contribution in [0.1, 0.15) is 45.0 Å². The van der Waals surface area contributed by atoms with Crippen molar-refractivity contribution >= 4 is 5.69 Å². The summed E-state index contributed by atoms with van der Waals surface area (Å²) in [4.78, 5) is 6.76. The van der Waals surface area contributed by atoms with Gasteiger partial charge in [0.1, 0.15) is 18.0 Å². The van der Waals surface area contributed by atoms with Crippen molar-refractivity contribution in [3.8, 4) is 0 Å². The third-order valence-corrected chi connectivity index (χ3v) is 4.79. The minimum Gasteiger partial charge on any atom is -0.371 e. The minimum atomic E-state index is -0.180. The first-order valence-corrected chi connectivity index (χ1v) is 8.85. The van der Waals surface area contributed by atoms with Crippen LogP contribution in [-0.2, 0) is 6.54 Å². The van der Waals surface area contributed by atoms with E-state index in [1.807, 2.05) is 16.8 Å². The Labute approximate surface area is 142 Å². The summed E-state index contributed by atoms with van der Waals surface area (Å²) in [5.74, 6) is 0.849. The van der Waals surface area contributed by atoms with Crippen LogP contribution in [-0.4, -0.2) is 33.9 Å². The Hall–Kier alpha value is -1.95. The average Bonchev–Trinajstić information content (AvgIpc) is 3.09. The molecule has 1 aromatic carbocycles. The fourth-order valence-corrected chi connectivity index (χ4v) is 3.40. The van der Waals surface area contributed by atoms with Gasteiger partial charge in [0.05, 0.1) is 6.04 Å². The molecule has 1 unspecified atom stereocenters. The molecule has 130 valence electrons. The molecule has 0 amide bonds. The van der Waals surface area contributed by atoms with Gasteiger partial charge in [-0.05, 0) is 50.5 Å². The van der Waals surface area contributed by atoms with E-state index in [0.717, 1.165) is 50.4 Å². The fraction of sp³-hybridized carbons (Fsp3) is 0.556. The van der Waals surface area contributed by atoms with E-state index in [9.17, 15) is 4.39 Å². The van der Waals surface area contributed by atoms with Crippen LogP contribution in [0.5, 0.6) is 0 Å². The van der Waals surface area contributed by atoms with Crippen molar-refractivity contribution in [1.82, 2.24) is 20.1 Å². The van der Waals surface area contributed by atoms with Crippen molar-refractivity contribution in [2.24, 2.45) is 0 Å². The van der Waals surface area contributed by atoms with Crippen LogP contribution >= 0.6 is 0 Å². The molecule has 1 atom stereocenters. The van der Waals surface area contributed by atoms with Crippen molar-refractivity contribution in [2.45, 2.75) is 51.7 Å². The molecule has 5 nitrogen and oxygen atoms in total. The molecule has 3 rings (SSSR count). The van der Waals surface area contributed by atoms with Gasteiger partial charge in [0.2, 0.25) is 0 Å². The van der Waals surface area contributed by atoms with Crippen molar-refractivity contribution in [3.05, 3.63) is 42.2 Å². The Kier molecular flexibility index (Phi) is 5.45. The molecule has 0 aliphatic carbocycles. The van der Waals surface area contributed by atoms with Crippen molar-refractivity contribution in [3.63, 3.8) is 0 Å². The largest absolute Gasteiger partial charge is 0.371 e. The maximum absolute atomic E-state index is 13.1. The summed E-state index contributed by atoms with van der Waals surface area (Å²) >= 11 is 0. The topological polar surface area (TPSA) is 46.0 Å². The van der Waals surface area contributed by atoms with Gasteiger partial charge in [-0.15, -0.1) is 0 Å². The van der Waals surface area contributed by atoms with E-state index in [1.165, 1.54) is 12.1 Å². The zero-order valence-electron chi connectivity index (χ0n) is 14.5. The van der Waals surface area contributed by atoms with Crippen LogP contribution in [0, 0.1) is 5.82 Å². The summed E-state index contributed by atoms with van der Waals surface area (Å²) in [6.45, 7) is 7.09. The molecule has 0 bridgehead atoms. The van der Waals surface area contributed by atoms with E-state index in [2.05, 4.69) is 34.1 Å². The van der Waals surface area contributed by atoms with Crippen LogP contribution in [0.4, 0.5) is 10.1 Å². The zero-order chi connectivity index (χ0) is 16.9. The monoisotopic (exact) mass is 331 g/mol. The Morgan fingerprint density at radius 3 is 2.54 bits per heavy atom. The fourth-order valence-electron chi connectivity index (χ4n) is 3.40. The van der Waals surface area contributed by atoms with Gasteiger partial charge in [-0.25, -0.2) is 14.1 Å². The molecule has 2 aromatic rings. The molecule has 1 aromatic heterocycles. The first kappa shape index (κ1) is 16.9. The predicted octanol–water partition coefficient (Wildman–Crippen LogP) is 3.15. The number of anilines is 1. The number of nitrogens with zero attached hydrogens (tertiary/aromatic N) is 4. The minimum absolute atomic E-state index is 0.180. The van der Waals surface area contributed by atoms with Gasteiger partial charge < -0.3 is 10.2 Å². The molecule has 0 spiro atoms. The quantitative estimate of drug-likeness (QED) is 0.883. The van der Waals surface area contributed by atoms with Gasteiger partial charge in [0.15, 0.2) is 0 Å². The molecule has 6 heteroatoms. The summed E-state index contributed by atoms with van der Waals surface area (Å²) in [6, 6.07) is 7.52. The molecule has 0 saturated carbocycles. The van der Waals surface area contributed by atoms with Gasteiger partial charge in [-0.2, -0.15) is 5.10 Å². The number of benzene rings is 1. The normalized spacial score (nSPS) is 17.2.